The fraction of sp³-hybridized carbons (Fsp3) is 0.438. The number of nitriles is 1. The van der Waals surface area contributed by atoms with Crippen molar-refractivity contribution in [3.05, 3.63) is 48.0 Å². The lowest BCUT2D eigenvalue weighted by Crippen LogP contribution is -2.60. The predicted octanol–water partition coefficient (Wildman–Crippen LogP) is 2.55. The van der Waals surface area contributed by atoms with Crippen molar-refractivity contribution in [2.45, 2.75) is 12.9 Å². The lowest BCUT2D eigenvalue weighted by Gasteiger charge is -2.53. The molecule has 0 N–H and O–H groups in total. The standard InChI is InChI=1S/C16H17NO3/c1-3-12(2)15-9-18-16(19-10-15,20-11-15)14-6-4-13(8-17)5-7-14/h3-7,12H,1,9-11H2,2H3. The molecule has 4 nitrogen and oxygen atoms in total. The minimum atomic E-state index is -1.11. The van der Waals surface area contributed by atoms with Crippen molar-refractivity contribution in [1.29, 1.82) is 5.26 Å². The maximum atomic E-state index is 8.84. The minimum absolute atomic E-state index is 0.143. The molecule has 3 fully saturated rings. The molecule has 1 aromatic rings. The molecule has 3 aliphatic heterocycles. The van der Waals surface area contributed by atoms with E-state index in [1.54, 1.807) is 12.1 Å². The van der Waals surface area contributed by atoms with Crippen LogP contribution >= 0.6 is 0 Å². The van der Waals surface area contributed by atoms with Crippen LogP contribution in [-0.2, 0) is 20.2 Å². The van der Waals surface area contributed by atoms with Gasteiger partial charge in [-0.3, -0.25) is 0 Å². The topological polar surface area (TPSA) is 51.5 Å². The van der Waals surface area contributed by atoms with Gasteiger partial charge in [0.1, 0.15) is 0 Å². The van der Waals surface area contributed by atoms with Crippen LogP contribution in [0.5, 0.6) is 0 Å². The van der Waals surface area contributed by atoms with E-state index in [2.05, 4.69) is 19.6 Å². The normalized spacial score (nSPS) is 33.4. The lowest BCUT2D eigenvalue weighted by atomic mass is 9.76. The Labute approximate surface area is 118 Å². The molecule has 0 radical (unpaired) electrons. The van der Waals surface area contributed by atoms with Crippen LogP contribution in [0.4, 0.5) is 0 Å². The number of fused-ring (bicyclic) bond motifs is 3. The van der Waals surface area contributed by atoms with E-state index in [-0.39, 0.29) is 11.3 Å². The molecule has 0 spiro atoms. The van der Waals surface area contributed by atoms with Crippen LogP contribution < -0.4 is 0 Å². The molecular formula is C16H17NO3. The summed E-state index contributed by atoms with van der Waals surface area (Å²) in [5.74, 6) is -0.849. The molecule has 104 valence electrons. The molecule has 0 aliphatic carbocycles. The number of benzene rings is 1. The van der Waals surface area contributed by atoms with Gasteiger partial charge >= 0.3 is 5.97 Å². The molecular weight excluding hydrogens is 254 g/mol. The number of nitrogens with zero attached hydrogens (tertiary/aromatic N) is 1. The van der Waals surface area contributed by atoms with E-state index >= 15 is 0 Å². The highest BCUT2D eigenvalue weighted by Gasteiger charge is 2.55. The van der Waals surface area contributed by atoms with E-state index in [0.717, 1.165) is 5.56 Å². The van der Waals surface area contributed by atoms with Crippen molar-refractivity contribution in [3.8, 4) is 6.07 Å². The molecule has 20 heavy (non-hydrogen) atoms. The van der Waals surface area contributed by atoms with E-state index in [0.29, 0.717) is 25.4 Å². The Morgan fingerprint density at radius 2 is 1.75 bits per heavy atom. The molecule has 4 rings (SSSR count). The molecule has 1 aromatic carbocycles. The third-order valence-corrected chi connectivity index (χ3v) is 4.34. The number of ether oxygens (including phenoxy) is 3. The maximum absolute atomic E-state index is 8.84. The highest BCUT2D eigenvalue weighted by atomic mass is 16.9. The Hall–Kier alpha value is -1.67. The summed E-state index contributed by atoms with van der Waals surface area (Å²) in [6, 6.07) is 9.20. The summed E-state index contributed by atoms with van der Waals surface area (Å²) in [5.41, 5.74) is 1.25. The molecule has 2 bridgehead atoms. The van der Waals surface area contributed by atoms with Crippen molar-refractivity contribution < 1.29 is 14.2 Å². The largest absolute Gasteiger partial charge is 0.323 e. The summed E-state index contributed by atoms with van der Waals surface area (Å²) in [4.78, 5) is 0. The van der Waals surface area contributed by atoms with Gasteiger partial charge in [0.15, 0.2) is 0 Å². The van der Waals surface area contributed by atoms with Crippen LogP contribution in [0.15, 0.2) is 36.9 Å². The molecule has 1 unspecified atom stereocenters. The van der Waals surface area contributed by atoms with Crippen LogP contribution in [0.3, 0.4) is 0 Å². The van der Waals surface area contributed by atoms with E-state index in [9.17, 15) is 0 Å². The Morgan fingerprint density at radius 1 is 1.20 bits per heavy atom. The van der Waals surface area contributed by atoms with Gasteiger partial charge in [0.05, 0.1) is 31.5 Å². The third kappa shape index (κ3) is 1.87. The van der Waals surface area contributed by atoms with Crippen molar-refractivity contribution in [2.75, 3.05) is 19.8 Å². The van der Waals surface area contributed by atoms with Gasteiger partial charge in [0, 0.05) is 11.0 Å². The van der Waals surface area contributed by atoms with Gasteiger partial charge in [0.25, 0.3) is 0 Å². The van der Waals surface area contributed by atoms with Gasteiger partial charge in [-0.25, -0.2) is 0 Å². The molecule has 0 amide bonds. The summed E-state index contributed by atoms with van der Waals surface area (Å²) in [5, 5.41) is 8.84. The highest BCUT2D eigenvalue weighted by molar-refractivity contribution is 5.33. The molecule has 3 saturated heterocycles. The Morgan fingerprint density at radius 3 is 2.20 bits per heavy atom. The summed E-state index contributed by atoms with van der Waals surface area (Å²) in [6.07, 6.45) is 1.91. The molecule has 0 saturated carbocycles. The van der Waals surface area contributed by atoms with Crippen molar-refractivity contribution >= 4 is 0 Å². The average molecular weight is 271 g/mol. The smallest absolute Gasteiger partial charge is 0.312 e. The predicted molar refractivity (Wildman–Crippen MR) is 72.5 cm³/mol. The minimum Gasteiger partial charge on any atom is -0.323 e. The lowest BCUT2D eigenvalue weighted by molar-refractivity contribution is -0.483. The SMILES string of the molecule is C=CC(C)C12COC(c3ccc(C#N)cc3)(OC1)OC2. The number of hydrogen-bond acceptors (Lipinski definition) is 4. The number of allylic oxidation sites excluding steroid dienone is 1. The van der Waals surface area contributed by atoms with Crippen LogP contribution in [0, 0.1) is 22.7 Å². The second-order valence-corrected chi connectivity index (χ2v) is 5.50. The van der Waals surface area contributed by atoms with E-state index < -0.39 is 5.97 Å². The van der Waals surface area contributed by atoms with Crippen LogP contribution in [0.2, 0.25) is 0 Å². The zero-order valence-electron chi connectivity index (χ0n) is 11.5. The monoisotopic (exact) mass is 271 g/mol. The summed E-state index contributed by atoms with van der Waals surface area (Å²) in [7, 11) is 0. The zero-order chi connectivity index (χ0) is 14.2. The summed E-state index contributed by atoms with van der Waals surface area (Å²) in [6.45, 7) is 7.69. The first-order valence-electron chi connectivity index (χ1n) is 6.69. The van der Waals surface area contributed by atoms with Gasteiger partial charge < -0.3 is 14.2 Å². The first-order valence-corrected chi connectivity index (χ1v) is 6.69. The van der Waals surface area contributed by atoms with Crippen molar-refractivity contribution in [3.63, 3.8) is 0 Å². The van der Waals surface area contributed by atoms with Gasteiger partial charge in [0.2, 0.25) is 0 Å². The van der Waals surface area contributed by atoms with Crippen LogP contribution in [-0.4, -0.2) is 19.8 Å². The van der Waals surface area contributed by atoms with Crippen molar-refractivity contribution in [2.24, 2.45) is 11.3 Å². The second-order valence-electron chi connectivity index (χ2n) is 5.50. The third-order valence-electron chi connectivity index (χ3n) is 4.34. The Balaban J connectivity index is 1.84. The average Bonchev–Trinajstić information content (AvgIpc) is 2.55. The molecule has 3 heterocycles. The molecule has 4 heteroatoms. The van der Waals surface area contributed by atoms with Gasteiger partial charge in [-0.2, -0.15) is 5.26 Å². The highest BCUT2D eigenvalue weighted by Crippen LogP contribution is 2.47. The number of rotatable bonds is 3. The Bertz CT molecular complexity index is 534. The first kappa shape index (κ1) is 13.3. The Kier molecular flexibility index (Phi) is 3.14. The van der Waals surface area contributed by atoms with Crippen LogP contribution in [0.25, 0.3) is 0 Å². The molecule has 3 aliphatic rings. The zero-order valence-corrected chi connectivity index (χ0v) is 11.5. The molecule has 1 atom stereocenters. The van der Waals surface area contributed by atoms with E-state index in [1.807, 2.05) is 18.2 Å². The maximum Gasteiger partial charge on any atom is 0.312 e. The van der Waals surface area contributed by atoms with Gasteiger partial charge in [-0.05, 0) is 30.2 Å². The second kappa shape index (κ2) is 4.71. The first-order chi connectivity index (χ1) is 9.64. The van der Waals surface area contributed by atoms with E-state index in [1.165, 1.54) is 0 Å². The molecule has 0 aromatic heterocycles. The fourth-order valence-corrected chi connectivity index (χ4v) is 2.61. The van der Waals surface area contributed by atoms with Gasteiger partial charge in [-0.15, -0.1) is 6.58 Å². The van der Waals surface area contributed by atoms with Crippen LogP contribution in [0.1, 0.15) is 18.1 Å². The number of hydrogen-bond donors (Lipinski definition) is 0. The fourth-order valence-electron chi connectivity index (χ4n) is 2.61. The summed E-state index contributed by atoms with van der Waals surface area (Å²) < 4.78 is 17.6. The summed E-state index contributed by atoms with van der Waals surface area (Å²) >= 11 is 0. The quantitative estimate of drug-likeness (QED) is 0.793. The van der Waals surface area contributed by atoms with Gasteiger partial charge in [-0.1, -0.05) is 13.0 Å². The van der Waals surface area contributed by atoms with E-state index in [4.69, 9.17) is 19.5 Å². The van der Waals surface area contributed by atoms with Crippen molar-refractivity contribution in [1.82, 2.24) is 0 Å².